The second-order valence-electron chi connectivity index (χ2n) is 10.3. The first kappa shape index (κ1) is 26.2. The Morgan fingerprint density at radius 1 is 1.18 bits per heavy atom. The number of rotatable bonds is 6. The topological polar surface area (TPSA) is 98.7 Å². The van der Waals surface area contributed by atoms with Gasteiger partial charge in [0.2, 0.25) is 5.91 Å². The van der Waals surface area contributed by atoms with E-state index in [9.17, 15) is 4.79 Å². The smallest absolute Gasteiger partial charge is 0.237 e. The molecule has 2 aliphatic rings. The van der Waals surface area contributed by atoms with Gasteiger partial charge in [0, 0.05) is 36.1 Å². The predicted octanol–water partition coefficient (Wildman–Crippen LogP) is 5.06. The molecule has 1 atom stereocenters. The predicted molar refractivity (Wildman–Crippen MR) is 155 cm³/mol. The van der Waals surface area contributed by atoms with Crippen LogP contribution in [0.5, 0.6) is 5.75 Å². The zero-order valence-corrected chi connectivity index (χ0v) is 24.1. The van der Waals surface area contributed by atoms with Crippen LogP contribution >= 0.6 is 23.1 Å². The zero-order chi connectivity index (χ0) is 27.1. The molecule has 5 heterocycles. The number of fused-ring (bicyclic) bond motifs is 5. The van der Waals surface area contributed by atoms with Crippen molar-refractivity contribution in [2.75, 3.05) is 43.6 Å². The number of anilines is 2. The van der Waals surface area contributed by atoms with Crippen molar-refractivity contribution >= 4 is 60.9 Å². The Balaban J connectivity index is 1.36. The highest BCUT2D eigenvalue weighted by Crippen LogP contribution is 2.45. The number of aromatic nitrogens is 3. The van der Waals surface area contributed by atoms with Crippen LogP contribution in [0.1, 0.15) is 31.9 Å². The summed E-state index contributed by atoms with van der Waals surface area (Å²) in [6.07, 6.45) is 2.37. The van der Waals surface area contributed by atoms with Crippen LogP contribution in [0.2, 0.25) is 0 Å². The number of morpholine rings is 1. The third-order valence-corrected chi connectivity index (χ3v) is 9.41. The molecule has 4 aromatic rings. The summed E-state index contributed by atoms with van der Waals surface area (Å²) < 4.78 is 18.0. The first-order valence-corrected chi connectivity index (χ1v) is 14.7. The number of hydrogen-bond donors (Lipinski definition) is 1. The van der Waals surface area contributed by atoms with Crippen molar-refractivity contribution in [2.24, 2.45) is 0 Å². The highest BCUT2D eigenvalue weighted by atomic mass is 32.2. The van der Waals surface area contributed by atoms with Gasteiger partial charge in [-0.1, -0.05) is 11.8 Å². The Hall–Kier alpha value is -2.99. The van der Waals surface area contributed by atoms with Crippen molar-refractivity contribution in [1.29, 1.82) is 0 Å². The minimum atomic E-state index is -0.367. The van der Waals surface area contributed by atoms with Gasteiger partial charge in [-0.2, -0.15) is 0 Å². The molecule has 0 unspecified atom stereocenters. The van der Waals surface area contributed by atoms with Gasteiger partial charge in [-0.05, 0) is 50.6 Å². The summed E-state index contributed by atoms with van der Waals surface area (Å²) in [6, 6.07) is 7.30. The second kappa shape index (κ2) is 10.5. The molecule has 2 aliphatic heterocycles. The number of carbonyl (C=O) groups excluding carboxylic acids is 1. The summed E-state index contributed by atoms with van der Waals surface area (Å²) in [4.78, 5) is 30.8. The maximum Gasteiger partial charge on any atom is 0.237 e. The lowest BCUT2D eigenvalue weighted by Gasteiger charge is -2.36. The number of benzene rings is 1. The van der Waals surface area contributed by atoms with Gasteiger partial charge in [0.1, 0.15) is 27.8 Å². The maximum absolute atomic E-state index is 13.0. The van der Waals surface area contributed by atoms with Crippen molar-refractivity contribution in [1.82, 2.24) is 15.0 Å². The fourth-order valence-electron chi connectivity index (χ4n) is 5.03. The lowest BCUT2D eigenvalue weighted by Crippen LogP contribution is -2.39. The van der Waals surface area contributed by atoms with Gasteiger partial charge in [0.05, 0.1) is 48.0 Å². The van der Waals surface area contributed by atoms with Crippen molar-refractivity contribution in [3.63, 3.8) is 0 Å². The summed E-state index contributed by atoms with van der Waals surface area (Å²) >= 11 is 3.04. The summed E-state index contributed by atoms with van der Waals surface area (Å²) in [5.41, 5.74) is 3.73. The lowest BCUT2D eigenvalue weighted by atomic mass is 9.90. The average molecular weight is 566 g/mol. The molecule has 0 spiro atoms. The normalized spacial score (nSPS) is 17.7. The molecule has 3 aromatic heterocycles. The van der Waals surface area contributed by atoms with Gasteiger partial charge >= 0.3 is 0 Å². The fourth-order valence-corrected chi connectivity index (χ4v) is 7.15. The summed E-state index contributed by atoms with van der Waals surface area (Å²) in [5.74, 6) is 1.63. The maximum atomic E-state index is 13.0. The Kier molecular flexibility index (Phi) is 7.09. The quantitative estimate of drug-likeness (QED) is 0.254. The third kappa shape index (κ3) is 5.16. The molecular formula is C28H31N5O4S2. The third-order valence-electron chi connectivity index (χ3n) is 7.10. The molecule has 0 radical (unpaired) electrons. The van der Waals surface area contributed by atoms with Crippen LogP contribution < -0.4 is 15.0 Å². The van der Waals surface area contributed by atoms with Gasteiger partial charge in [0.25, 0.3) is 0 Å². The summed E-state index contributed by atoms with van der Waals surface area (Å²) in [6.45, 7) is 9.66. The van der Waals surface area contributed by atoms with Crippen LogP contribution in [0.25, 0.3) is 20.4 Å². The van der Waals surface area contributed by atoms with Crippen molar-refractivity contribution in [3.05, 3.63) is 41.7 Å². The number of thiophene rings is 1. The molecule has 1 saturated heterocycles. The Morgan fingerprint density at radius 2 is 1.95 bits per heavy atom. The van der Waals surface area contributed by atoms with Gasteiger partial charge < -0.3 is 24.4 Å². The zero-order valence-electron chi connectivity index (χ0n) is 22.4. The monoisotopic (exact) mass is 565 g/mol. The first-order valence-electron chi connectivity index (χ1n) is 13.0. The van der Waals surface area contributed by atoms with Crippen LogP contribution in [0.3, 0.4) is 0 Å². The number of nitrogens with zero attached hydrogens (tertiary/aromatic N) is 4. The number of pyridine rings is 1. The molecule has 39 heavy (non-hydrogen) atoms. The number of carbonyl (C=O) groups is 1. The molecular weight excluding hydrogens is 534 g/mol. The number of thioether (sulfide) groups is 1. The molecule has 1 amide bonds. The van der Waals surface area contributed by atoms with Crippen LogP contribution in [-0.2, 0) is 27.3 Å². The Morgan fingerprint density at radius 3 is 2.69 bits per heavy atom. The van der Waals surface area contributed by atoms with E-state index < -0.39 is 0 Å². The highest BCUT2D eigenvalue weighted by molar-refractivity contribution is 8.00. The van der Waals surface area contributed by atoms with Gasteiger partial charge in [-0.15, -0.1) is 11.3 Å². The summed E-state index contributed by atoms with van der Waals surface area (Å²) in [5, 5.41) is 4.48. The minimum Gasteiger partial charge on any atom is -0.497 e. The van der Waals surface area contributed by atoms with Crippen LogP contribution in [0, 0.1) is 0 Å². The SMILES string of the molecule is COc1ccc(NC(=O)[C@H](C)Sc2ncnc3c2sc2nc(N4CCOCC4)c4c(c23)CC(C)(C)OC4)cc1. The van der Waals surface area contributed by atoms with Crippen molar-refractivity contribution in [3.8, 4) is 5.75 Å². The fraction of sp³-hybridized carbons (Fsp3) is 0.429. The van der Waals surface area contributed by atoms with Gasteiger partial charge in [0.15, 0.2) is 0 Å². The van der Waals surface area contributed by atoms with E-state index in [1.54, 1.807) is 24.8 Å². The van der Waals surface area contributed by atoms with Gasteiger partial charge in [-0.25, -0.2) is 15.0 Å². The summed E-state index contributed by atoms with van der Waals surface area (Å²) in [7, 11) is 1.62. The Labute approximate surface area is 235 Å². The largest absolute Gasteiger partial charge is 0.497 e. The van der Waals surface area contributed by atoms with E-state index >= 15 is 0 Å². The van der Waals surface area contributed by atoms with Gasteiger partial charge in [-0.3, -0.25) is 4.79 Å². The molecule has 1 N–H and O–H groups in total. The molecule has 204 valence electrons. The molecule has 1 fully saturated rings. The molecule has 1 aromatic carbocycles. The van der Waals surface area contributed by atoms with E-state index in [1.807, 2.05) is 31.2 Å². The molecule has 0 saturated carbocycles. The van der Waals surface area contributed by atoms with Crippen LogP contribution in [-0.4, -0.2) is 65.1 Å². The molecule has 0 aliphatic carbocycles. The van der Waals surface area contributed by atoms with Crippen LogP contribution in [0.15, 0.2) is 35.6 Å². The highest BCUT2D eigenvalue weighted by Gasteiger charge is 2.33. The number of methoxy groups -OCH3 is 1. The van der Waals surface area contributed by atoms with E-state index in [2.05, 4.69) is 29.0 Å². The molecule has 0 bridgehead atoms. The second-order valence-corrected chi connectivity index (χ2v) is 12.7. The van der Waals surface area contributed by atoms with E-state index in [1.165, 1.54) is 17.3 Å². The number of ether oxygens (including phenoxy) is 3. The molecule has 6 rings (SSSR count). The van der Waals surface area contributed by atoms with Crippen LogP contribution in [0.4, 0.5) is 11.5 Å². The van der Waals surface area contributed by atoms with Crippen molar-refractivity contribution in [2.45, 2.75) is 49.7 Å². The van der Waals surface area contributed by atoms with Crippen molar-refractivity contribution < 1.29 is 19.0 Å². The lowest BCUT2D eigenvalue weighted by molar-refractivity contribution is -0.115. The Bertz CT molecular complexity index is 1530. The standard InChI is InChI=1S/C28H31N5O4S2/c1-16(25(34)31-17-5-7-18(35-4)8-6-17)38-27-23-22(29-15-30-27)21-19-13-28(2,3)37-14-20(19)24(32-26(21)39-23)33-9-11-36-12-10-33/h5-8,15-16H,9-14H2,1-4H3,(H,31,34)/t16-/m0/s1. The number of amides is 1. The first-order chi connectivity index (χ1) is 18.8. The number of hydrogen-bond acceptors (Lipinski definition) is 10. The molecule has 11 heteroatoms. The van der Waals surface area contributed by atoms with E-state index in [0.29, 0.717) is 19.8 Å². The minimum absolute atomic E-state index is 0.0953. The van der Waals surface area contributed by atoms with E-state index in [4.69, 9.17) is 24.2 Å². The van der Waals surface area contributed by atoms with E-state index in [-0.39, 0.29) is 16.8 Å². The average Bonchev–Trinajstić information content (AvgIpc) is 3.33. The van der Waals surface area contributed by atoms with E-state index in [0.717, 1.165) is 67.8 Å². The number of nitrogens with one attached hydrogen (secondary N) is 1. The molecule has 9 nitrogen and oxygen atoms in total.